The minimum atomic E-state index is -0.518. The lowest BCUT2D eigenvalue weighted by molar-refractivity contribution is -0.109. The number of pyridine rings is 1. The number of carbonyl (C=O) groups is 1. The zero-order valence-corrected chi connectivity index (χ0v) is 19.0. The van der Waals surface area contributed by atoms with E-state index in [0.29, 0.717) is 18.1 Å². The smallest absolute Gasteiger partial charge is 0.487 e. The van der Waals surface area contributed by atoms with Gasteiger partial charge < -0.3 is 14.0 Å². The molecule has 1 aromatic heterocycles. The van der Waals surface area contributed by atoms with Gasteiger partial charge in [-0.2, -0.15) is 0 Å². The lowest BCUT2D eigenvalue weighted by atomic mass is 9.78. The second-order valence-electron chi connectivity index (χ2n) is 8.32. The highest BCUT2D eigenvalue weighted by Crippen LogP contribution is 2.39. The summed E-state index contributed by atoms with van der Waals surface area (Å²) < 4.78 is 18.3. The fraction of sp³-hybridized carbons (Fsp3) is 0.391. The highest BCUT2D eigenvalue weighted by atomic mass is 32.2. The average Bonchev–Trinajstić information content (AvgIpc) is 2.91. The van der Waals surface area contributed by atoms with Crippen LogP contribution in [0.1, 0.15) is 45.7 Å². The van der Waals surface area contributed by atoms with E-state index in [1.54, 1.807) is 19.3 Å². The number of thioether (sulfide) groups is 1. The van der Waals surface area contributed by atoms with Crippen LogP contribution >= 0.6 is 11.8 Å². The van der Waals surface area contributed by atoms with Crippen molar-refractivity contribution in [3.8, 4) is 5.75 Å². The summed E-state index contributed by atoms with van der Waals surface area (Å²) in [4.78, 5) is 15.9. The van der Waals surface area contributed by atoms with Crippen molar-refractivity contribution in [3.63, 3.8) is 0 Å². The number of rotatable bonds is 7. The van der Waals surface area contributed by atoms with Gasteiger partial charge in [-0.3, -0.25) is 9.78 Å². The standard InChI is InChI=1S/C23H28BNO4S/c1-17(26)30-16-20(24-28-22(2,3)23(4,5)29-24)11-19-12-21(14-25-13-19)27-15-18-9-7-6-8-10-18/h6-14H,15-16H2,1-5H3. The third-order valence-corrected chi connectivity index (χ3v) is 6.22. The maximum absolute atomic E-state index is 11.6. The van der Waals surface area contributed by atoms with Crippen molar-refractivity contribution in [1.29, 1.82) is 0 Å². The summed E-state index contributed by atoms with van der Waals surface area (Å²) in [5, 5.41) is 0.0514. The molecular formula is C23H28BNO4S. The van der Waals surface area contributed by atoms with E-state index < -0.39 is 18.3 Å². The Kier molecular flexibility index (Phi) is 7.06. The fourth-order valence-electron chi connectivity index (χ4n) is 2.91. The molecule has 1 fully saturated rings. The molecule has 0 spiro atoms. The third-order valence-electron chi connectivity index (χ3n) is 5.33. The van der Waals surface area contributed by atoms with Gasteiger partial charge in [0.1, 0.15) is 12.4 Å². The van der Waals surface area contributed by atoms with Crippen LogP contribution in [0.25, 0.3) is 6.08 Å². The average molecular weight is 425 g/mol. The van der Waals surface area contributed by atoms with Gasteiger partial charge in [-0.1, -0.05) is 48.2 Å². The number of benzene rings is 1. The molecular weight excluding hydrogens is 397 g/mol. The second-order valence-corrected chi connectivity index (χ2v) is 9.47. The maximum atomic E-state index is 11.6. The third kappa shape index (κ3) is 5.75. The van der Waals surface area contributed by atoms with Crippen molar-refractivity contribution in [3.05, 3.63) is 65.4 Å². The lowest BCUT2D eigenvalue weighted by Crippen LogP contribution is -2.41. The Hall–Kier alpha value is -2.09. The molecule has 0 radical (unpaired) electrons. The van der Waals surface area contributed by atoms with E-state index in [2.05, 4.69) is 4.98 Å². The van der Waals surface area contributed by atoms with Gasteiger partial charge in [0, 0.05) is 18.9 Å². The van der Waals surface area contributed by atoms with Crippen molar-refractivity contribution in [1.82, 2.24) is 4.98 Å². The summed E-state index contributed by atoms with van der Waals surface area (Å²) in [6.07, 6.45) is 5.43. The van der Waals surface area contributed by atoms with Gasteiger partial charge in [0.15, 0.2) is 5.12 Å². The number of ether oxygens (including phenoxy) is 1. The normalized spacial score (nSPS) is 17.8. The monoisotopic (exact) mass is 425 g/mol. The predicted molar refractivity (Wildman–Crippen MR) is 122 cm³/mol. The van der Waals surface area contributed by atoms with E-state index in [1.807, 2.05) is 70.2 Å². The maximum Gasteiger partial charge on any atom is 0.491 e. The first-order valence-electron chi connectivity index (χ1n) is 9.97. The van der Waals surface area contributed by atoms with Crippen molar-refractivity contribution in [2.75, 3.05) is 5.75 Å². The van der Waals surface area contributed by atoms with E-state index in [0.717, 1.165) is 16.6 Å². The van der Waals surface area contributed by atoms with Crippen molar-refractivity contribution < 1.29 is 18.8 Å². The molecule has 3 rings (SSSR count). The van der Waals surface area contributed by atoms with Crippen LogP contribution in [0.4, 0.5) is 0 Å². The number of hydrogen-bond donors (Lipinski definition) is 0. The summed E-state index contributed by atoms with van der Waals surface area (Å²) in [6, 6.07) is 11.9. The molecule has 1 aliphatic rings. The van der Waals surface area contributed by atoms with Crippen LogP contribution in [0, 0.1) is 0 Å². The van der Waals surface area contributed by atoms with Crippen LogP contribution in [-0.2, 0) is 20.7 Å². The molecule has 0 N–H and O–H groups in total. The Balaban J connectivity index is 1.79. The largest absolute Gasteiger partial charge is 0.491 e. The number of hydrogen-bond acceptors (Lipinski definition) is 6. The Bertz CT molecular complexity index is 898. The van der Waals surface area contributed by atoms with Crippen LogP contribution in [0.15, 0.2) is 54.3 Å². The Labute approximate surface area is 183 Å². The van der Waals surface area contributed by atoms with Crippen LogP contribution in [0.2, 0.25) is 0 Å². The lowest BCUT2D eigenvalue weighted by Gasteiger charge is -2.32. The van der Waals surface area contributed by atoms with Gasteiger partial charge in [-0.25, -0.2) is 0 Å². The van der Waals surface area contributed by atoms with Gasteiger partial charge >= 0.3 is 7.12 Å². The van der Waals surface area contributed by atoms with E-state index in [9.17, 15) is 4.79 Å². The zero-order chi connectivity index (χ0) is 21.8. The predicted octanol–water partition coefficient (Wildman–Crippen LogP) is 4.96. The topological polar surface area (TPSA) is 57.7 Å². The van der Waals surface area contributed by atoms with Crippen LogP contribution in [0.5, 0.6) is 5.75 Å². The summed E-state index contributed by atoms with van der Waals surface area (Å²) in [5.41, 5.74) is 1.95. The van der Waals surface area contributed by atoms with E-state index >= 15 is 0 Å². The van der Waals surface area contributed by atoms with Crippen LogP contribution in [-0.4, -0.2) is 34.2 Å². The molecule has 0 unspecified atom stereocenters. The highest BCUT2D eigenvalue weighted by molar-refractivity contribution is 8.13. The summed E-state index contributed by atoms with van der Waals surface area (Å²) in [5.74, 6) is 1.17. The Morgan fingerprint density at radius 2 is 1.80 bits per heavy atom. The van der Waals surface area contributed by atoms with E-state index in [4.69, 9.17) is 14.0 Å². The molecule has 158 valence electrons. The minimum Gasteiger partial charge on any atom is -0.487 e. The molecule has 2 heterocycles. The van der Waals surface area contributed by atoms with Gasteiger partial charge in [-0.05, 0) is 50.4 Å². The Morgan fingerprint density at radius 3 is 2.43 bits per heavy atom. The molecule has 0 bridgehead atoms. The van der Waals surface area contributed by atoms with E-state index in [1.165, 1.54) is 11.8 Å². The van der Waals surface area contributed by atoms with Gasteiger partial charge in [0.05, 0.1) is 17.4 Å². The van der Waals surface area contributed by atoms with Crippen molar-refractivity contribution >= 4 is 30.1 Å². The number of nitrogens with zero attached hydrogens (tertiary/aromatic N) is 1. The molecule has 1 aliphatic heterocycles. The second kappa shape index (κ2) is 9.37. The molecule has 0 atom stereocenters. The highest BCUT2D eigenvalue weighted by Gasteiger charge is 2.52. The van der Waals surface area contributed by atoms with Gasteiger partial charge in [0.2, 0.25) is 0 Å². The first-order valence-corrected chi connectivity index (χ1v) is 11.0. The fourth-order valence-corrected chi connectivity index (χ4v) is 3.49. The van der Waals surface area contributed by atoms with Gasteiger partial charge in [-0.15, -0.1) is 0 Å². The van der Waals surface area contributed by atoms with E-state index in [-0.39, 0.29) is 5.12 Å². The first-order chi connectivity index (χ1) is 14.2. The summed E-state index contributed by atoms with van der Waals surface area (Å²) in [6.45, 7) is 10.1. The van der Waals surface area contributed by atoms with Crippen molar-refractivity contribution in [2.24, 2.45) is 0 Å². The first kappa shape index (κ1) is 22.6. The molecule has 5 nitrogen and oxygen atoms in total. The summed E-state index contributed by atoms with van der Waals surface area (Å²) >= 11 is 1.24. The van der Waals surface area contributed by atoms with Crippen molar-refractivity contribution in [2.45, 2.75) is 52.4 Å². The minimum absolute atomic E-state index is 0.0514. The SMILES string of the molecule is CC(=O)SCC(=Cc1cncc(OCc2ccccc2)c1)B1OC(C)(C)C(C)(C)O1. The number of aromatic nitrogens is 1. The van der Waals surface area contributed by atoms with Crippen LogP contribution in [0.3, 0.4) is 0 Å². The zero-order valence-electron chi connectivity index (χ0n) is 18.2. The summed E-state index contributed by atoms with van der Waals surface area (Å²) in [7, 11) is -0.518. The van der Waals surface area contributed by atoms with Crippen LogP contribution < -0.4 is 4.74 Å². The molecule has 2 aromatic rings. The quantitative estimate of drug-likeness (QED) is 0.585. The molecule has 30 heavy (non-hydrogen) atoms. The van der Waals surface area contributed by atoms with Gasteiger partial charge in [0.25, 0.3) is 0 Å². The number of carbonyl (C=O) groups excluding carboxylic acids is 1. The molecule has 7 heteroatoms. The molecule has 0 amide bonds. The molecule has 1 saturated heterocycles. The molecule has 1 aromatic carbocycles. The molecule has 0 saturated carbocycles. The Morgan fingerprint density at radius 1 is 1.13 bits per heavy atom. The molecule has 0 aliphatic carbocycles.